The Labute approximate surface area is 166 Å². The monoisotopic (exact) mass is 408 g/mol. The maximum atomic E-state index is 12.9. The van der Waals surface area contributed by atoms with Crippen molar-refractivity contribution < 1.29 is 13.2 Å². The molecule has 27 heavy (non-hydrogen) atoms. The van der Waals surface area contributed by atoms with Gasteiger partial charge < -0.3 is 4.74 Å². The van der Waals surface area contributed by atoms with E-state index in [0.717, 1.165) is 24.2 Å². The molecule has 1 atom stereocenters. The summed E-state index contributed by atoms with van der Waals surface area (Å²) in [6.45, 7) is 6.91. The highest BCUT2D eigenvalue weighted by Gasteiger charge is 2.26. The third-order valence-electron chi connectivity index (χ3n) is 4.89. The van der Waals surface area contributed by atoms with Crippen LogP contribution in [0.2, 0.25) is 5.02 Å². The van der Waals surface area contributed by atoms with Gasteiger partial charge in [0.2, 0.25) is 10.0 Å². The van der Waals surface area contributed by atoms with E-state index in [1.807, 2.05) is 25.1 Å². The summed E-state index contributed by atoms with van der Waals surface area (Å²) in [5, 5.41) is 0.446. The lowest BCUT2D eigenvalue weighted by Crippen LogP contribution is -2.43. The number of aryl methyl sites for hydroxylation is 1. The van der Waals surface area contributed by atoms with Crippen LogP contribution in [0, 0.1) is 13.8 Å². The second-order valence-corrected chi connectivity index (χ2v) is 8.94. The third kappa shape index (κ3) is 4.89. The molecule has 1 heterocycles. The summed E-state index contributed by atoms with van der Waals surface area (Å²) in [7, 11) is -3.66. The van der Waals surface area contributed by atoms with Crippen molar-refractivity contribution in [3.8, 4) is 0 Å². The summed E-state index contributed by atoms with van der Waals surface area (Å²) >= 11 is 6.10. The quantitative estimate of drug-likeness (QED) is 0.796. The highest BCUT2D eigenvalue weighted by molar-refractivity contribution is 7.89. The SMILES string of the molecule is Cc1cccc(C(CNS(=O)(=O)c2cccc(Cl)c2C)N2CCOCC2)c1. The molecule has 1 saturated heterocycles. The molecule has 2 aromatic rings. The average molecular weight is 409 g/mol. The van der Waals surface area contributed by atoms with E-state index in [4.69, 9.17) is 16.3 Å². The van der Waals surface area contributed by atoms with E-state index in [0.29, 0.717) is 23.8 Å². The maximum absolute atomic E-state index is 12.9. The Kier molecular flexibility index (Phi) is 6.55. The predicted molar refractivity (Wildman–Crippen MR) is 108 cm³/mol. The zero-order chi connectivity index (χ0) is 19.4. The minimum Gasteiger partial charge on any atom is -0.379 e. The van der Waals surface area contributed by atoms with Crippen molar-refractivity contribution >= 4 is 21.6 Å². The molecule has 2 aromatic carbocycles. The lowest BCUT2D eigenvalue weighted by molar-refractivity contribution is 0.0172. The molecule has 1 N–H and O–H groups in total. The molecule has 0 aliphatic carbocycles. The van der Waals surface area contributed by atoms with Gasteiger partial charge in [0.05, 0.1) is 18.1 Å². The van der Waals surface area contributed by atoms with Gasteiger partial charge in [0, 0.05) is 30.7 Å². The summed E-state index contributed by atoms with van der Waals surface area (Å²) < 4.78 is 34.0. The highest BCUT2D eigenvalue weighted by Crippen LogP contribution is 2.25. The number of nitrogens with zero attached hydrogens (tertiary/aromatic N) is 1. The number of rotatable bonds is 6. The lowest BCUT2D eigenvalue weighted by atomic mass is 10.0. The van der Waals surface area contributed by atoms with Crippen LogP contribution < -0.4 is 4.72 Å². The molecule has 3 rings (SSSR count). The Hall–Kier alpha value is -1.44. The first-order valence-electron chi connectivity index (χ1n) is 9.01. The number of ether oxygens (including phenoxy) is 1. The highest BCUT2D eigenvalue weighted by atomic mass is 35.5. The fourth-order valence-electron chi connectivity index (χ4n) is 3.37. The van der Waals surface area contributed by atoms with Gasteiger partial charge in [0.1, 0.15) is 0 Å². The molecule has 7 heteroatoms. The van der Waals surface area contributed by atoms with Crippen molar-refractivity contribution in [3.63, 3.8) is 0 Å². The van der Waals surface area contributed by atoms with Crippen LogP contribution in [0.1, 0.15) is 22.7 Å². The van der Waals surface area contributed by atoms with Gasteiger partial charge >= 0.3 is 0 Å². The van der Waals surface area contributed by atoms with Gasteiger partial charge in [0.25, 0.3) is 0 Å². The third-order valence-corrected chi connectivity index (χ3v) is 6.87. The van der Waals surface area contributed by atoms with Gasteiger partial charge in [-0.25, -0.2) is 13.1 Å². The molecule has 5 nitrogen and oxygen atoms in total. The summed E-state index contributed by atoms with van der Waals surface area (Å²) in [5.41, 5.74) is 2.81. The van der Waals surface area contributed by atoms with E-state index in [1.165, 1.54) is 0 Å². The van der Waals surface area contributed by atoms with Gasteiger partial charge in [-0.1, -0.05) is 47.5 Å². The topological polar surface area (TPSA) is 58.6 Å². The second-order valence-electron chi connectivity index (χ2n) is 6.79. The van der Waals surface area contributed by atoms with Crippen molar-refractivity contribution in [3.05, 3.63) is 64.2 Å². The van der Waals surface area contributed by atoms with Crippen molar-refractivity contribution in [1.29, 1.82) is 0 Å². The van der Waals surface area contributed by atoms with Crippen LogP contribution in [0.5, 0.6) is 0 Å². The smallest absolute Gasteiger partial charge is 0.240 e. The van der Waals surface area contributed by atoms with Crippen LogP contribution >= 0.6 is 11.6 Å². The summed E-state index contributed by atoms with van der Waals surface area (Å²) in [6, 6.07) is 13.1. The van der Waals surface area contributed by atoms with Crippen molar-refractivity contribution in [2.75, 3.05) is 32.8 Å². The van der Waals surface area contributed by atoms with Crippen LogP contribution in [-0.4, -0.2) is 46.2 Å². The Morgan fingerprint density at radius 3 is 2.56 bits per heavy atom. The molecule has 0 radical (unpaired) electrons. The molecule has 0 saturated carbocycles. The Morgan fingerprint density at radius 2 is 1.85 bits per heavy atom. The van der Waals surface area contributed by atoms with E-state index in [-0.39, 0.29) is 17.5 Å². The number of morpholine rings is 1. The minimum absolute atomic E-state index is 0.0527. The molecule has 146 valence electrons. The molecule has 0 spiro atoms. The van der Waals surface area contributed by atoms with Crippen molar-refractivity contribution in [2.24, 2.45) is 0 Å². The molecule has 0 amide bonds. The number of sulfonamides is 1. The van der Waals surface area contributed by atoms with Crippen LogP contribution in [-0.2, 0) is 14.8 Å². The number of benzene rings is 2. The summed E-state index contributed by atoms with van der Waals surface area (Å²) in [4.78, 5) is 2.49. The minimum atomic E-state index is -3.66. The van der Waals surface area contributed by atoms with Crippen LogP contribution in [0.4, 0.5) is 0 Å². The fraction of sp³-hybridized carbons (Fsp3) is 0.400. The van der Waals surface area contributed by atoms with E-state index < -0.39 is 10.0 Å². The first-order chi connectivity index (χ1) is 12.9. The first-order valence-corrected chi connectivity index (χ1v) is 10.9. The van der Waals surface area contributed by atoms with Gasteiger partial charge in [-0.2, -0.15) is 0 Å². The Bertz CT molecular complexity index is 896. The maximum Gasteiger partial charge on any atom is 0.240 e. The molecular weight excluding hydrogens is 384 g/mol. The van der Waals surface area contributed by atoms with Gasteiger partial charge in [-0.15, -0.1) is 0 Å². The van der Waals surface area contributed by atoms with Crippen LogP contribution in [0.15, 0.2) is 47.4 Å². The molecule has 0 aromatic heterocycles. The van der Waals surface area contributed by atoms with Crippen LogP contribution in [0.25, 0.3) is 0 Å². The van der Waals surface area contributed by atoms with E-state index in [9.17, 15) is 8.42 Å². The summed E-state index contributed by atoms with van der Waals surface area (Å²) in [6.07, 6.45) is 0. The largest absolute Gasteiger partial charge is 0.379 e. The zero-order valence-corrected chi connectivity index (χ0v) is 17.2. The number of hydrogen-bond donors (Lipinski definition) is 1. The normalized spacial score (nSPS) is 17.0. The predicted octanol–water partition coefficient (Wildman–Crippen LogP) is 3.31. The molecule has 0 bridgehead atoms. The fourth-order valence-corrected chi connectivity index (χ4v) is 4.90. The van der Waals surface area contributed by atoms with E-state index in [2.05, 4.69) is 15.7 Å². The molecule has 1 fully saturated rings. The Morgan fingerprint density at radius 1 is 1.15 bits per heavy atom. The van der Waals surface area contributed by atoms with Gasteiger partial charge in [0.15, 0.2) is 0 Å². The number of hydrogen-bond acceptors (Lipinski definition) is 4. The standard InChI is InChI=1S/C20H25ClN2O3S/c1-15-5-3-6-17(13-15)19(23-9-11-26-12-10-23)14-22-27(24,25)20-8-4-7-18(21)16(20)2/h3-8,13,19,22H,9-12,14H2,1-2H3. The van der Waals surface area contributed by atoms with Crippen molar-refractivity contribution in [2.45, 2.75) is 24.8 Å². The molecule has 1 aliphatic rings. The van der Waals surface area contributed by atoms with E-state index >= 15 is 0 Å². The van der Waals surface area contributed by atoms with Gasteiger partial charge in [-0.05, 0) is 37.1 Å². The molecule has 1 aliphatic heterocycles. The number of nitrogens with one attached hydrogen (secondary N) is 1. The average Bonchev–Trinajstić information content (AvgIpc) is 2.65. The lowest BCUT2D eigenvalue weighted by Gasteiger charge is -2.35. The van der Waals surface area contributed by atoms with Crippen molar-refractivity contribution in [1.82, 2.24) is 9.62 Å². The second kappa shape index (κ2) is 8.71. The zero-order valence-electron chi connectivity index (χ0n) is 15.6. The number of halogens is 1. The van der Waals surface area contributed by atoms with E-state index in [1.54, 1.807) is 25.1 Å². The summed E-state index contributed by atoms with van der Waals surface area (Å²) in [5.74, 6) is 0. The molecular formula is C20H25ClN2O3S. The first kappa shape index (κ1) is 20.3. The van der Waals surface area contributed by atoms with Crippen LogP contribution in [0.3, 0.4) is 0 Å². The molecule has 1 unspecified atom stereocenters. The van der Waals surface area contributed by atoms with Gasteiger partial charge in [-0.3, -0.25) is 4.90 Å². The Balaban J connectivity index is 1.84.